The third kappa shape index (κ3) is 1.64. The van der Waals surface area contributed by atoms with E-state index in [1.54, 1.807) is 25.1 Å². The number of aromatic nitrogens is 1. The van der Waals surface area contributed by atoms with Gasteiger partial charge in [-0.05, 0) is 18.4 Å². The van der Waals surface area contributed by atoms with E-state index in [1.165, 1.54) is 0 Å². The quantitative estimate of drug-likeness (QED) is 0.608. The van der Waals surface area contributed by atoms with Crippen molar-refractivity contribution in [3.63, 3.8) is 0 Å². The van der Waals surface area contributed by atoms with Crippen LogP contribution in [0.15, 0.2) is 23.4 Å². The van der Waals surface area contributed by atoms with Gasteiger partial charge in [0.25, 0.3) is 0 Å². The third-order valence-corrected chi connectivity index (χ3v) is 1.81. The molecule has 1 aromatic rings. The summed E-state index contributed by atoms with van der Waals surface area (Å²) in [6.07, 6.45) is 3.71. The topological polar surface area (TPSA) is 22.1 Å². The molecule has 0 saturated carbocycles. The molecule has 0 amide bonds. The van der Waals surface area contributed by atoms with Crippen molar-refractivity contribution in [1.82, 2.24) is 4.98 Å². The first-order chi connectivity index (χ1) is 4.86. The van der Waals surface area contributed by atoms with Crippen molar-refractivity contribution in [1.29, 1.82) is 0 Å². The zero-order chi connectivity index (χ0) is 7.40. The van der Waals surface area contributed by atoms with Crippen LogP contribution < -0.4 is 4.74 Å². The maximum Gasteiger partial charge on any atom is 0.137 e. The number of ether oxygens (including phenoxy) is 1. The van der Waals surface area contributed by atoms with E-state index in [1.807, 2.05) is 18.4 Å². The molecule has 0 aromatic carbocycles. The Morgan fingerprint density at radius 3 is 2.70 bits per heavy atom. The first-order valence-corrected chi connectivity index (χ1v) is 4.13. The lowest BCUT2D eigenvalue weighted by molar-refractivity contribution is 0.412. The standard InChI is InChI=1S/C7H9NOS/c1-9-6-3-4-7(10-2)8-5-6/h3-5H,1-2H3. The van der Waals surface area contributed by atoms with Gasteiger partial charge in [-0.2, -0.15) is 0 Å². The van der Waals surface area contributed by atoms with Gasteiger partial charge >= 0.3 is 0 Å². The first-order valence-electron chi connectivity index (χ1n) is 2.91. The Morgan fingerprint density at radius 1 is 1.50 bits per heavy atom. The first kappa shape index (κ1) is 7.41. The fraction of sp³-hybridized carbons (Fsp3) is 0.286. The summed E-state index contributed by atoms with van der Waals surface area (Å²) >= 11 is 1.62. The molecule has 54 valence electrons. The highest BCUT2D eigenvalue weighted by atomic mass is 32.2. The number of thioether (sulfide) groups is 1. The molecule has 0 aliphatic heterocycles. The van der Waals surface area contributed by atoms with Gasteiger partial charge < -0.3 is 4.74 Å². The van der Waals surface area contributed by atoms with Crippen molar-refractivity contribution in [3.05, 3.63) is 18.3 Å². The van der Waals surface area contributed by atoms with E-state index in [0.717, 1.165) is 10.8 Å². The highest BCUT2D eigenvalue weighted by Crippen LogP contribution is 2.14. The number of nitrogens with zero attached hydrogens (tertiary/aromatic N) is 1. The Balaban J connectivity index is 2.80. The molecule has 0 fully saturated rings. The molecular formula is C7H9NOS. The number of hydrogen-bond acceptors (Lipinski definition) is 3. The summed E-state index contributed by atoms with van der Waals surface area (Å²) < 4.78 is 4.94. The van der Waals surface area contributed by atoms with Crippen molar-refractivity contribution >= 4 is 11.8 Å². The van der Waals surface area contributed by atoms with Crippen LogP contribution in [0.2, 0.25) is 0 Å². The molecule has 0 bridgehead atoms. The average molecular weight is 155 g/mol. The molecular weight excluding hydrogens is 146 g/mol. The van der Waals surface area contributed by atoms with E-state index in [9.17, 15) is 0 Å². The number of rotatable bonds is 2. The molecule has 10 heavy (non-hydrogen) atoms. The molecule has 2 nitrogen and oxygen atoms in total. The van der Waals surface area contributed by atoms with Crippen molar-refractivity contribution in [2.45, 2.75) is 5.03 Å². The lowest BCUT2D eigenvalue weighted by atomic mass is 10.5. The highest BCUT2D eigenvalue weighted by Gasteiger charge is 1.91. The highest BCUT2D eigenvalue weighted by molar-refractivity contribution is 7.98. The molecule has 0 saturated heterocycles. The van der Waals surface area contributed by atoms with Crippen LogP contribution in [0, 0.1) is 0 Å². The molecule has 1 heterocycles. The fourth-order valence-corrected chi connectivity index (χ4v) is 0.970. The second kappa shape index (κ2) is 3.46. The number of pyridine rings is 1. The summed E-state index contributed by atoms with van der Waals surface area (Å²) in [6.45, 7) is 0. The second-order valence-electron chi connectivity index (χ2n) is 1.74. The van der Waals surface area contributed by atoms with E-state index in [0.29, 0.717) is 0 Å². The lowest BCUT2D eigenvalue weighted by Gasteiger charge is -1.97. The zero-order valence-corrected chi connectivity index (χ0v) is 6.81. The summed E-state index contributed by atoms with van der Waals surface area (Å²) in [5.74, 6) is 0.804. The molecule has 0 atom stereocenters. The van der Waals surface area contributed by atoms with Crippen molar-refractivity contribution in [2.24, 2.45) is 0 Å². The van der Waals surface area contributed by atoms with Gasteiger partial charge in [0.1, 0.15) is 5.75 Å². The molecule has 0 spiro atoms. The molecule has 1 rings (SSSR count). The van der Waals surface area contributed by atoms with E-state index in [2.05, 4.69) is 4.98 Å². The van der Waals surface area contributed by atoms with Gasteiger partial charge in [0.15, 0.2) is 0 Å². The Hall–Kier alpha value is -0.700. The Morgan fingerprint density at radius 2 is 2.30 bits per heavy atom. The van der Waals surface area contributed by atoms with E-state index in [-0.39, 0.29) is 0 Å². The monoisotopic (exact) mass is 155 g/mol. The van der Waals surface area contributed by atoms with Crippen LogP contribution in [0.3, 0.4) is 0 Å². The van der Waals surface area contributed by atoms with Crippen LogP contribution in [-0.4, -0.2) is 18.3 Å². The van der Waals surface area contributed by atoms with E-state index < -0.39 is 0 Å². The summed E-state index contributed by atoms with van der Waals surface area (Å²) in [5, 5.41) is 1.01. The molecule has 3 heteroatoms. The largest absolute Gasteiger partial charge is 0.495 e. The average Bonchev–Trinajstić information content (AvgIpc) is 2.05. The molecule has 0 aliphatic rings. The second-order valence-corrected chi connectivity index (χ2v) is 2.57. The van der Waals surface area contributed by atoms with Crippen LogP contribution in [-0.2, 0) is 0 Å². The SMILES string of the molecule is COc1ccc(SC)nc1. The zero-order valence-electron chi connectivity index (χ0n) is 6.00. The minimum atomic E-state index is 0.804. The van der Waals surface area contributed by atoms with Gasteiger partial charge in [-0.25, -0.2) is 4.98 Å². The van der Waals surface area contributed by atoms with Gasteiger partial charge in [-0.3, -0.25) is 0 Å². The molecule has 0 unspecified atom stereocenters. The molecule has 1 aromatic heterocycles. The summed E-state index contributed by atoms with van der Waals surface area (Å²) in [7, 11) is 1.63. The maximum absolute atomic E-state index is 4.94. The normalized spacial score (nSPS) is 9.40. The third-order valence-electron chi connectivity index (χ3n) is 1.15. The van der Waals surface area contributed by atoms with Crippen LogP contribution in [0.4, 0.5) is 0 Å². The molecule has 0 radical (unpaired) electrons. The van der Waals surface area contributed by atoms with Crippen LogP contribution in [0.1, 0.15) is 0 Å². The Kier molecular flexibility index (Phi) is 2.57. The van der Waals surface area contributed by atoms with Gasteiger partial charge in [0.2, 0.25) is 0 Å². The maximum atomic E-state index is 4.94. The summed E-state index contributed by atoms with van der Waals surface area (Å²) in [5.41, 5.74) is 0. The van der Waals surface area contributed by atoms with Gasteiger partial charge in [0, 0.05) is 0 Å². The minimum Gasteiger partial charge on any atom is -0.495 e. The minimum absolute atomic E-state index is 0.804. The van der Waals surface area contributed by atoms with Crippen molar-refractivity contribution < 1.29 is 4.74 Å². The Labute approximate surface area is 64.6 Å². The predicted molar refractivity (Wildman–Crippen MR) is 42.6 cm³/mol. The predicted octanol–water partition coefficient (Wildman–Crippen LogP) is 1.81. The summed E-state index contributed by atoms with van der Waals surface area (Å²) in [6, 6.07) is 3.84. The van der Waals surface area contributed by atoms with Gasteiger partial charge in [0.05, 0.1) is 18.3 Å². The molecule has 0 aliphatic carbocycles. The van der Waals surface area contributed by atoms with Crippen molar-refractivity contribution in [3.8, 4) is 5.75 Å². The fourth-order valence-electron chi connectivity index (χ4n) is 0.608. The van der Waals surface area contributed by atoms with E-state index in [4.69, 9.17) is 4.74 Å². The van der Waals surface area contributed by atoms with Crippen LogP contribution in [0.25, 0.3) is 0 Å². The number of hydrogen-bond donors (Lipinski definition) is 0. The number of methoxy groups -OCH3 is 1. The smallest absolute Gasteiger partial charge is 0.137 e. The van der Waals surface area contributed by atoms with Gasteiger partial charge in [-0.1, -0.05) is 0 Å². The van der Waals surface area contributed by atoms with Crippen LogP contribution >= 0.6 is 11.8 Å². The molecule has 0 N–H and O–H groups in total. The summed E-state index contributed by atoms with van der Waals surface area (Å²) in [4.78, 5) is 4.11. The lowest BCUT2D eigenvalue weighted by Crippen LogP contribution is -1.83. The van der Waals surface area contributed by atoms with Crippen LogP contribution in [0.5, 0.6) is 5.75 Å². The Bertz CT molecular complexity index is 174. The van der Waals surface area contributed by atoms with Crippen molar-refractivity contribution in [2.75, 3.05) is 13.4 Å². The van der Waals surface area contributed by atoms with Gasteiger partial charge in [-0.15, -0.1) is 11.8 Å². The van der Waals surface area contributed by atoms with E-state index >= 15 is 0 Å².